The monoisotopic (exact) mass is 531 g/mol. The van der Waals surface area contributed by atoms with Crippen molar-refractivity contribution in [2.24, 2.45) is 0 Å². The highest BCUT2D eigenvalue weighted by Crippen LogP contribution is 2.34. The molecule has 0 spiro atoms. The SMILES string of the molecule is C#Cc1cc(F)cc(CNC(=O)C=Cc2cc(Cl)c(C(F)(F)F)nc2CCCC)c1NS(C)(=O)=O. The molecule has 0 fully saturated rings. The number of pyridine rings is 1. The van der Waals surface area contributed by atoms with Crippen LogP contribution >= 0.6 is 11.6 Å². The Kier molecular flexibility index (Phi) is 9.29. The average Bonchev–Trinajstić information content (AvgIpc) is 2.74. The fourth-order valence-electron chi connectivity index (χ4n) is 3.06. The van der Waals surface area contributed by atoms with E-state index >= 15 is 0 Å². The molecule has 0 unspecified atom stereocenters. The largest absolute Gasteiger partial charge is 0.434 e. The second kappa shape index (κ2) is 11.6. The number of rotatable bonds is 9. The summed E-state index contributed by atoms with van der Waals surface area (Å²) < 4.78 is 79.0. The van der Waals surface area contributed by atoms with E-state index in [-0.39, 0.29) is 41.0 Å². The third-order valence-corrected chi connectivity index (χ3v) is 5.48. The smallest absolute Gasteiger partial charge is 0.348 e. The first-order chi connectivity index (χ1) is 16.2. The highest BCUT2D eigenvalue weighted by Gasteiger charge is 2.36. The Bertz CT molecular complexity index is 1290. The quantitative estimate of drug-likeness (QED) is 0.273. The predicted molar refractivity (Wildman–Crippen MR) is 127 cm³/mol. The fourth-order valence-corrected chi connectivity index (χ4v) is 3.94. The molecule has 2 aromatic rings. The highest BCUT2D eigenvalue weighted by atomic mass is 35.5. The number of aryl methyl sites for hydroxylation is 1. The number of sulfonamides is 1. The first-order valence-corrected chi connectivity index (χ1v) is 12.5. The van der Waals surface area contributed by atoms with Crippen molar-refractivity contribution in [3.05, 3.63) is 63.2 Å². The summed E-state index contributed by atoms with van der Waals surface area (Å²) in [5.41, 5.74) is -0.855. The molecule has 12 heteroatoms. The van der Waals surface area contributed by atoms with Gasteiger partial charge in [0.2, 0.25) is 15.9 Å². The first kappa shape index (κ1) is 28.1. The molecule has 0 bridgehead atoms. The molecular weight excluding hydrogens is 510 g/mol. The Hall–Kier alpha value is -3.10. The molecule has 188 valence electrons. The summed E-state index contributed by atoms with van der Waals surface area (Å²) in [6, 6.07) is 3.07. The van der Waals surface area contributed by atoms with Crippen LogP contribution in [0.1, 0.15) is 47.8 Å². The zero-order valence-electron chi connectivity index (χ0n) is 18.8. The molecule has 1 aromatic carbocycles. The number of alkyl halides is 3. The number of aromatic nitrogens is 1. The zero-order valence-corrected chi connectivity index (χ0v) is 20.3. The molecule has 1 heterocycles. The van der Waals surface area contributed by atoms with Gasteiger partial charge in [-0.15, -0.1) is 6.42 Å². The summed E-state index contributed by atoms with van der Waals surface area (Å²) >= 11 is 5.77. The number of unbranched alkanes of at least 4 members (excludes halogenated alkanes) is 1. The molecule has 1 aromatic heterocycles. The van der Waals surface area contributed by atoms with E-state index < -0.39 is 38.6 Å². The summed E-state index contributed by atoms with van der Waals surface area (Å²) in [7, 11) is -3.75. The number of carbonyl (C=O) groups is 1. The van der Waals surface area contributed by atoms with E-state index in [0.717, 1.165) is 30.5 Å². The number of amides is 1. The van der Waals surface area contributed by atoms with Crippen molar-refractivity contribution in [1.29, 1.82) is 0 Å². The van der Waals surface area contributed by atoms with E-state index in [9.17, 15) is 30.8 Å². The third-order valence-electron chi connectivity index (χ3n) is 4.62. The molecule has 0 aliphatic rings. The van der Waals surface area contributed by atoms with E-state index in [4.69, 9.17) is 18.0 Å². The molecule has 35 heavy (non-hydrogen) atoms. The van der Waals surface area contributed by atoms with Crippen LogP contribution in [0.4, 0.5) is 23.2 Å². The van der Waals surface area contributed by atoms with Crippen LogP contribution in [0, 0.1) is 18.2 Å². The number of anilines is 1. The maximum atomic E-state index is 13.9. The van der Waals surface area contributed by atoms with E-state index in [1.54, 1.807) is 0 Å². The minimum atomic E-state index is -4.72. The lowest BCUT2D eigenvalue weighted by Crippen LogP contribution is -2.22. The van der Waals surface area contributed by atoms with Gasteiger partial charge < -0.3 is 5.32 Å². The van der Waals surface area contributed by atoms with Crippen LogP contribution in [-0.4, -0.2) is 25.6 Å². The molecule has 0 aliphatic carbocycles. The van der Waals surface area contributed by atoms with Crippen LogP contribution in [0.25, 0.3) is 6.08 Å². The van der Waals surface area contributed by atoms with E-state index in [1.165, 1.54) is 6.08 Å². The molecule has 2 rings (SSSR count). The van der Waals surface area contributed by atoms with Crippen LogP contribution < -0.4 is 10.0 Å². The molecule has 0 aliphatic heterocycles. The van der Waals surface area contributed by atoms with Crippen molar-refractivity contribution < 1.29 is 30.8 Å². The predicted octanol–water partition coefficient (Wildman–Crippen LogP) is 4.92. The molecule has 6 nitrogen and oxygen atoms in total. The lowest BCUT2D eigenvalue weighted by Gasteiger charge is -2.14. The lowest BCUT2D eigenvalue weighted by atomic mass is 10.1. The van der Waals surface area contributed by atoms with Crippen molar-refractivity contribution in [2.75, 3.05) is 11.0 Å². The highest BCUT2D eigenvalue weighted by molar-refractivity contribution is 7.92. The number of halogens is 5. The summed E-state index contributed by atoms with van der Waals surface area (Å²) in [5, 5.41) is 1.86. The molecule has 0 saturated heterocycles. The number of carbonyl (C=O) groups excluding carboxylic acids is 1. The van der Waals surface area contributed by atoms with Crippen LogP contribution in [0.15, 0.2) is 24.3 Å². The number of terminal acetylenes is 1. The second-order valence-corrected chi connectivity index (χ2v) is 9.67. The molecule has 1 amide bonds. The lowest BCUT2D eigenvalue weighted by molar-refractivity contribution is -0.141. The van der Waals surface area contributed by atoms with Crippen molar-refractivity contribution in [1.82, 2.24) is 10.3 Å². The van der Waals surface area contributed by atoms with Gasteiger partial charge in [0.25, 0.3) is 0 Å². The van der Waals surface area contributed by atoms with Crippen LogP contribution in [0.5, 0.6) is 0 Å². The Balaban J connectivity index is 2.29. The molecule has 0 saturated carbocycles. The van der Waals surface area contributed by atoms with Gasteiger partial charge in [0.05, 0.1) is 22.5 Å². The second-order valence-electron chi connectivity index (χ2n) is 7.51. The van der Waals surface area contributed by atoms with Gasteiger partial charge >= 0.3 is 6.18 Å². The Labute approximate surface area is 205 Å². The van der Waals surface area contributed by atoms with Crippen molar-refractivity contribution >= 4 is 39.3 Å². The van der Waals surface area contributed by atoms with Gasteiger partial charge in [-0.3, -0.25) is 9.52 Å². The first-order valence-electron chi connectivity index (χ1n) is 10.2. The summed E-state index contributed by atoms with van der Waals surface area (Å²) in [6.45, 7) is 1.58. The maximum Gasteiger partial charge on any atom is 0.434 e. The Morgan fingerprint density at radius 1 is 1.29 bits per heavy atom. The van der Waals surface area contributed by atoms with Gasteiger partial charge in [0.15, 0.2) is 5.69 Å². The van der Waals surface area contributed by atoms with Crippen LogP contribution in [0.2, 0.25) is 5.02 Å². The van der Waals surface area contributed by atoms with Gasteiger partial charge in [-0.1, -0.05) is 30.9 Å². The van der Waals surface area contributed by atoms with Crippen LogP contribution in [-0.2, 0) is 34.0 Å². The van der Waals surface area contributed by atoms with E-state index in [2.05, 4.69) is 20.9 Å². The number of nitrogens with one attached hydrogen (secondary N) is 2. The standard InChI is InChI=1S/C23H22ClF4N3O3S/c1-4-6-7-19-15(12-18(24)22(30-19)23(26,27)28)8-9-20(32)29-13-16-11-17(25)10-14(5-2)21(16)31-35(3,33)34/h2,8-12,31H,4,6-7,13H2,1,3H3,(H,29,32). The third kappa shape index (κ3) is 8.26. The summed E-state index contributed by atoms with van der Waals surface area (Å²) in [6.07, 6.45) is 5.37. The zero-order chi connectivity index (χ0) is 26.4. The number of nitrogens with zero attached hydrogens (tertiary/aromatic N) is 1. The Morgan fingerprint density at radius 3 is 2.54 bits per heavy atom. The van der Waals surface area contributed by atoms with Gasteiger partial charge in [-0.2, -0.15) is 13.2 Å². The van der Waals surface area contributed by atoms with Crippen LogP contribution in [0.3, 0.4) is 0 Å². The van der Waals surface area contributed by atoms with Gasteiger partial charge in [-0.05, 0) is 48.2 Å². The molecule has 0 radical (unpaired) electrons. The number of benzene rings is 1. The molecule has 0 atom stereocenters. The topological polar surface area (TPSA) is 88.2 Å². The van der Waals surface area contributed by atoms with Crippen molar-refractivity contribution in [3.8, 4) is 12.3 Å². The van der Waals surface area contributed by atoms with Gasteiger partial charge in [-0.25, -0.2) is 17.8 Å². The minimum absolute atomic E-state index is 0.0544. The molecular formula is C23H22ClF4N3O3S. The van der Waals surface area contributed by atoms with E-state index in [0.29, 0.717) is 12.8 Å². The fraction of sp³-hybridized carbons (Fsp3) is 0.304. The van der Waals surface area contributed by atoms with Gasteiger partial charge in [0.1, 0.15) is 5.82 Å². The number of hydrogen-bond acceptors (Lipinski definition) is 4. The van der Waals surface area contributed by atoms with Gasteiger partial charge in [0, 0.05) is 18.3 Å². The van der Waals surface area contributed by atoms with Crippen molar-refractivity contribution in [3.63, 3.8) is 0 Å². The van der Waals surface area contributed by atoms with E-state index in [1.807, 2.05) is 6.92 Å². The molecule has 2 N–H and O–H groups in total. The Morgan fingerprint density at radius 2 is 1.97 bits per heavy atom. The average molecular weight is 532 g/mol. The maximum absolute atomic E-state index is 13.9. The minimum Gasteiger partial charge on any atom is -0.348 e. The summed E-state index contributed by atoms with van der Waals surface area (Å²) in [4.78, 5) is 16.0. The normalized spacial score (nSPS) is 11.9. The summed E-state index contributed by atoms with van der Waals surface area (Å²) in [5.74, 6) is 0.769. The number of hydrogen-bond donors (Lipinski definition) is 2. The van der Waals surface area contributed by atoms with Crippen molar-refractivity contribution in [2.45, 2.75) is 38.9 Å².